The van der Waals surface area contributed by atoms with Gasteiger partial charge in [0.05, 0.1) is 5.92 Å². The summed E-state index contributed by atoms with van der Waals surface area (Å²) in [5.74, 6) is 0.458. The second kappa shape index (κ2) is 3.06. The Morgan fingerprint density at radius 2 is 2.14 bits per heavy atom. The number of allylic oxidation sites excluding steroid dienone is 3. The summed E-state index contributed by atoms with van der Waals surface area (Å²) in [6, 6.07) is 0. The van der Waals surface area contributed by atoms with E-state index in [1.807, 2.05) is 19.9 Å². The Labute approximate surface area is 84.3 Å². The van der Waals surface area contributed by atoms with Gasteiger partial charge in [-0.05, 0) is 6.42 Å². The molecule has 2 unspecified atom stereocenters. The lowest BCUT2D eigenvalue weighted by Gasteiger charge is -2.41. The molecule has 2 heteroatoms. The van der Waals surface area contributed by atoms with Crippen LogP contribution in [0.4, 0.5) is 0 Å². The summed E-state index contributed by atoms with van der Waals surface area (Å²) in [6.45, 7) is 4.14. The zero-order valence-electron chi connectivity index (χ0n) is 8.66. The summed E-state index contributed by atoms with van der Waals surface area (Å²) in [6.07, 6.45) is 6.89. The van der Waals surface area contributed by atoms with Gasteiger partial charge < -0.3 is 5.11 Å². The highest BCUT2D eigenvalue weighted by Gasteiger charge is 2.45. The quantitative estimate of drug-likeness (QED) is 0.676. The van der Waals surface area contributed by atoms with Gasteiger partial charge in [0.15, 0.2) is 0 Å². The number of carbonyl (C=O) groups excluding carboxylic acids is 1. The van der Waals surface area contributed by atoms with Gasteiger partial charge in [0, 0.05) is 17.9 Å². The fourth-order valence-electron chi connectivity index (χ4n) is 2.38. The van der Waals surface area contributed by atoms with Gasteiger partial charge >= 0.3 is 0 Å². The first-order chi connectivity index (χ1) is 6.57. The van der Waals surface area contributed by atoms with Gasteiger partial charge in [-0.2, -0.15) is 0 Å². The van der Waals surface area contributed by atoms with Crippen molar-refractivity contribution in [3.8, 4) is 0 Å². The first-order valence-corrected chi connectivity index (χ1v) is 5.11. The van der Waals surface area contributed by atoms with E-state index < -0.39 is 0 Å². The second-order valence-electron chi connectivity index (χ2n) is 4.69. The monoisotopic (exact) mass is 192 g/mol. The average molecular weight is 192 g/mol. The summed E-state index contributed by atoms with van der Waals surface area (Å²) >= 11 is 0. The van der Waals surface area contributed by atoms with Crippen molar-refractivity contribution in [2.45, 2.75) is 20.3 Å². The number of hydrogen-bond acceptors (Lipinski definition) is 2. The van der Waals surface area contributed by atoms with Gasteiger partial charge in [-0.15, -0.1) is 0 Å². The Kier molecular flexibility index (Phi) is 2.11. The summed E-state index contributed by atoms with van der Waals surface area (Å²) in [5.41, 5.74) is 0.850. The smallest absolute Gasteiger partial charge is 0.150 e. The molecule has 0 amide bonds. The highest BCUT2D eigenvalue weighted by atomic mass is 16.3. The van der Waals surface area contributed by atoms with Gasteiger partial charge in [0.2, 0.25) is 0 Å². The van der Waals surface area contributed by atoms with E-state index >= 15 is 0 Å². The third-order valence-electron chi connectivity index (χ3n) is 3.46. The molecule has 0 aromatic carbocycles. The third-order valence-corrected chi connectivity index (χ3v) is 3.46. The van der Waals surface area contributed by atoms with E-state index in [0.717, 1.165) is 5.57 Å². The van der Waals surface area contributed by atoms with Gasteiger partial charge in [0.1, 0.15) is 5.78 Å². The molecule has 2 atom stereocenters. The van der Waals surface area contributed by atoms with Crippen LogP contribution in [0.3, 0.4) is 0 Å². The molecule has 0 heterocycles. The van der Waals surface area contributed by atoms with Crippen LogP contribution in [0.1, 0.15) is 20.3 Å². The second-order valence-corrected chi connectivity index (χ2v) is 4.69. The zero-order valence-corrected chi connectivity index (χ0v) is 8.66. The van der Waals surface area contributed by atoms with Crippen LogP contribution in [0.2, 0.25) is 0 Å². The van der Waals surface area contributed by atoms with E-state index in [-0.39, 0.29) is 23.9 Å². The maximum Gasteiger partial charge on any atom is 0.150 e. The molecule has 0 spiro atoms. The van der Waals surface area contributed by atoms with Crippen molar-refractivity contribution >= 4 is 5.78 Å². The summed E-state index contributed by atoms with van der Waals surface area (Å²) in [5, 5.41) is 8.89. The van der Waals surface area contributed by atoms with Crippen LogP contribution in [0.15, 0.2) is 23.8 Å². The molecule has 0 saturated carbocycles. The van der Waals surface area contributed by atoms with E-state index in [1.54, 1.807) is 0 Å². The number of aliphatic hydroxyl groups is 1. The maximum absolute atomic E-state index is 12.0. The van der Waals surface area contributed by atoms with Crippen molar-refractivity contribution < 1.29 is 9.90 Å². The molecule has 0 fully saturated rings. The Morgan fingerprint density at radius 1 is 1.43 bits per heavy atom. The fourth-order valence-corrected chi connectivity index (χ4v) is 2.38. The molecule has 0 aromatic heterocycles. The standard InChI is InChI=1S/C12H16O2/c1-12(2)9-3-4-10(11(12)14)8(7-9)5-6-13/h3-4,7,9-10,13H,5-6H2,1-2H3. The van der Waals surface area contributed by atoms with Crippen LogP contribution in [0, 0.1) is 17.3 Å². The molecule has 0 saturated heterocycles. The van der Waals surface area contributed by atoms with Crippen molar-refractivity contribution in [1.29, 1.82) is 0 Å². The predicted molar refractivity (Wildman–Crippen MR) is 54.7 cm³/mol. The minimum absolute atomic E-state index is 0.0675. The predicted octanol–water partition coefficient (Wildman–Crippen LogP) is 1.71. The molecule has 3 aliphatic carbocycles. The number of rotatable bonds is 2. The first-order valence-electron chi connectivity index (χ1n) is 5.11. The van der Waals surface area contributed by atoms with Crippen LogP contribution >= 0.6 is 0 Å². The number of carbonyl (C=O) groups is 1. The van der Waals surface area contributed by atoms with E-state index in [1.165, 1.54) is 0 Å². The molecule has 2 nitrogen and oxygen atoms in total. The average Bonchev–Trinajstić information content (AvgIpc) is 2.15. The minimum Gasteiger partial charge on any atom is -0.396 e. The van der Waals surface area contributed by atoms with Crippen LogP contribution in [-0.4, -0.2) is 17.5 Å². The number of aliphatic hydroxyl groups excluding tert-OH is 1. The molecule has 0 radical (unpaired) electrons. The van der Waals surface area contributed by atoms with Crippen molar-refractivity contribution in [3.63, 3.8) is 0 Å². The van der Waals surface area contributed by atoms with E-state index in [2.05, 4.69) is 12.2 Å². The van der Waals surface area contributed by atoms with Crippen LogP contribution in [-0.2, 0) is 4.79 Å². The van der Waals surface area contributed by atoms with Crippen molar-refractivity contribution in [2.24, 2.45) is 17.3 Å². The Hall–Kier alpha value is -0.890. The van der Waals surface area contributed by atoms with Crippen molar-refractivity contribution in [1.82, 2.24) is 0 Å². The summed E-state index contributed by atoms with van der Waals surface area (Å²) < 4.78 is 0. The lowest BCUT2D eigenvalue weighted by Crippen LogP contribution is -2.43. The van der Waals surface area contributed by atoms with Crippen molar-refractivity contribution in [3.05, 3.63) is 23.8 Å². The highest BCUT2D eigenvalue weighted by molar-refractivity contribution is 5.93. The Morgan fingerprint density at radius 3 is 2.71 bits per heavy atom. The lowest BCUT2D eigenvalue weighted by atomic mass is 9.61. The SMILES string of the molecule is CC1(C)C(=O)C2C=CC1C=C2CCO. The number of hydrogen-bond donors (Lipinski definition) is 1. The largest absolute Gasteiger partial charge is 0.396 e. The number of Topliss-reactive ketones (excluding diaryl/α,β-unsaturated/α-hetero) is 1. The zero-order chi connectivity index (χ0) is 10.3. The van der Waals surface area contributed by atoms with Gasteiger partial charge in [-0.1, -0.05) is 37.6 Å². The van der Waals surface area contributed by atoms with Gasteiger partial charge in [-0.25, -0.2) is 0 Å². The molecule has 76 valence electrons. The van der Waals surface area contributed by atoms with E-state index in [4.69, 9.17) is 5.11 Å². The maximum atomic E-state index is 12.0. The molecule has 0 aromatic rings. The molecule has 3 rings (SSSR count). The molecule has 2 bridgehead atoms. The Bertz CT molecular complexity index is 323. The Balaban J connectivity index is 2.35. The normalized spacial score (nSPS) is 33.4. The van der Waals surface area contributed by atoms with Crippen LogP contribution in [0.5, 0.6) is 0 Å². The summed E-state index contributed by atoms with van der Waals surface area (Å²) in [4.78, 5) is 12.0. The third kappa shape index (κ3) is 1.17. The topological polar surface area (TPSA) is 37.3 Å². The van der Waals surface area contributed by atoms with Gasteiger partial charge in [-0.3, -0.25) is 4.79 Å². The van der Waals surface area contributed by atoms with Crippen LogP contribution < -0.4 is 0 Å². The van der Waals surface area contributed by atoms with Crippen LogP contribution in [0.25, 0.3) is 0 Å². The highest BCUT2D eigenvalue weighted by Crippen LogP contribution is 2.45. The molecule has 1 N–H and O–H groups in total. The molecule has 3 aliphatic rings. The fraction of sp³-hybridized carbons (Fsp3) is 0.583. The van der Waals surface area contributed by atoms with Gasteiger partial charge in [0.25, 0.3) is 0 Å². The lowest BCUT2D eigenvalue weighted by molar-refractivity contribution is -0.131. The minimum atomic E-state index is -0.252. The summed E-state index contributed by atoms with van der Waals surface area (Å²) in [7, 11) is 0. The van der Waals surface area contributed by atoms with Crippen molar-refractivity contribution in [2.75, 3.05) is 6.61 Å². The first kappa shape index (κ1) is 9.66. The number of fused-ring (bicyclic) bond motifs is 1. The molecular weight excluding hydrogens is 176 g/mol. The molecular formula is C12H16O2. The molecule has 0 aliphatic heterocycles. The van der Waals surface area contributed by atoms with E-state index in [9.17, 15) is 4.79 Å². The van der Waals surface area contributed by atoms with E-state index in [0.29, 0.717) is 12.2 Å². The number of ketones is 1. The molecule has 14 heavy (non-hydrogen) atoms.